The highest BCUT2D eigenvalue weighted by molar-refractivity contribution is 5.73. The Morgan fingerprint density at radius 3 is 2.74 bits per heavy atom. The number of likely N-dealkylation sites (N-methyl/N-ethyl adjacent to an activating group) is 1. The van der Waals surface area contributed by atoms with Gasteiger partial charge >= 0.3 is 5.97 Å². The molecule has 0 radical (unpaired) electrons. The molecule has 0 aromatic heterocycles. The maximum atomic E-state index is 11.9. The van der Waals surface area contributed by atoms with Gasteiger partial charge in [-0.1, -0.05) is 12.1 Å². The molecule has 104 valence electrons. The average molecular weight is 265 g/mol. The summed E-state index contributed by atoms with van der Waals surface area (Å²) in [4.78, 5) is 11.9. The number of carbonyl (C=O) groups excluding carboxylic acids is 1. The third kappa shape index (κ3) is 3.45. The van der Waals surface area contributed by atoms with Crippen LogP contribution in [0, 0.1) is 5.92 Å². The minimum Gasteiger partial charge on any atom is -0.497 e. The van der Waals surface area contributed by atoms with Crippen LogP contribution >= 0.6 is 0 Å². The van der Waals surface area contributed by atoms with Gasteiger partial charge in [0.2, 0.25) is 0 Å². The van der Waals surface area contributed by atoms with Crippen LogP contribution in [0.5, 0.6) is 5.75 Å². The molecule has 0 saturated carbocycles. The highest BCUT2D eigenvalue weighted by atomic mass is 16.5. The number of carbonyl (C=O) groups is 1. The van der Waals surface area contributed by atoms with E-state index in [1.54, 1.807) is 7.11 Å². The number of ether oxygens (including phenoxy) is 3. The van der Waals surface area contributed by atoms with E-state index in [9.17, 15) is 4.79 Å². The first-order valence-corrected chi connectivity index (χ1v) is 6.29. The van der Waals surface area contributed by atoms with Gasteiger partial charge in [0, 0.05) is 6.04 Å². The summed E-state index contributed by atoms with van der Waals surface area (Å²) >= 11 is 0. The van der Waals surface area contributed by atoms with Gasteiger partial charge in [-0.25, -0.2) is 0 Å². The van der Waals surface area contributed by atoms with Crippen LogP contribution in [0.15, 0.2) is 24.3 Å². The van der Waals surface area contributed by atoms with E-state index in [0.717, 1.165) is 11.3 Å². The third-order valence-electron chi connectivity index (χ3n) is 3.29. The molecule has 1 saturated heterocycles. The van der Waals surface area contributed by atoms with Gasteiger partial charge in [-0.05, 0) is 24.7 Å². The maximum absolute atomic E-state index is 11.9. The molecule has 0 amide bonds. The smallest absolute Gasteiger partial charge is 0.313 e. The van der Waals surface area contributed by atoms with Crippen molar-refractivity contribution in [1.29, 1.82) is 0 Å². The Hall–Kier alpha value is -1.59. The van der Waals surface area contributed by atoms with E-state index in [-0.39, 0.29) is 24.5 Å². The zero-order chi connectivity index (χ0) is 13.7. The van der Waals surface area contributed by atoms with Crippen LogP contribution in [0.1, 0.15) is 5.56 Å². The Balaban J connectivity index is 1.85. The number of hydrogen-bond acceptors (Lipinski definition) is 5. The molecule has 2 unspecified atom stereocenters. The second-order valence-corrected chi connectivity index (χ2v) is 4.49. The van der Waals surface area contributed by atoms with Crippen molar-refractivity contribution < 1.29 is 19.0 Å². The molecule has 2 atom stereocenters. The van der Waals surface area contributed by atoms with E-state index in [1.165, 1.54) is 0 Å². The molecular weight excluding hydrogens is 246 g/mol. The number of rotatable bonds is 5. The molecule has 1 aromatic carbocycles. The second-order valence-electron chi connectivity index (χ2n) is 4.49. The van der Waals surface area contributed by atoms with E-state index in [1.807, 2.05) is 31.3 Å². The molecule has 1 aliphatic heterocycles. The van der Waals surface area contributed by atoms with Crippen LogP contribution in [-0.2, 0) is 20.9 Å². The minimum atomic E-state index is -0.219. The molecule has 1 N–H and O–H groups in total. The molecule has 2 rings (SSSR count). The molecule has 0 aliphatic carbocycles. The van der Waals surface area contributed by atoms with Crippen molar-refractivity contribution in [2.24, 2.45) is 5.92 Å². The lowest BCUT2D eigenvalue weighted by Crippen LogP contribution is -2.37. The minimum absolute atomic E-state index is 0.0448. The largest absolute Gasteiger partial charge is 0.497 e. The molecule has 5 nitrogen and oxygen atoms in total. The molecule has 1 aromatic rings. The predicted octanol–water partition coefficient (Wildman–Crippen LogP) is 0.973. The maximum Gasteiger partial charge on any atom is 0.313 e. The fourth-order valence-corrected chi connectivity index (χ4v) is 2.05. The van der Waals surface area contributed by atoms with Crippen molar-refractivity contribution in [2.75, 3.05) is 27.4 Å². The fourth-order valence-electron chi connectivity index (χ4n) is 2.05. The molecule has 0 bridgehead atoms. The summed E-state index contributed by atoms with van der Waals surface area (Å²) in [5, 5.41) is 3.07. The van der Waals surface area contributed by atoms with Gasteiger partial charge < -0.3 is 19.5 Å². The summed E-state index contributed by atoms with van der Waals surface area (Å²) in [6.07, 6.45) is 0. The van der Waals surface area contributed by atoms with Crippen LogP contribution in [0.4, 0.5) is 0 Å². The van der Waals surface area contributed by atoms with Crippen molar-refractivity contribution in [3.63, 3.8) is 0 Å². The average Bonchev–Trinajstić information content (AvgIpc) is 2.93. The van der Waals surface area contributed by atoms with Gasteiger partial charge in [-0.2, -0.15) is 0 Å². The van der Waals surface area contributed by atoms with Gasteiger partial charge in [-0.15, -0.1) is 0 Å². The van der Waals surface area contributed by atoms with Crippen molar-refractivity contribution in [3.05, 3.63) is 29.8 Å². The Morgan fingerprint density at radius 2 is 2.11 bits per heavy atom. The zero-order valence-corrected chi connectivity index (χ0v) is 11.2. The molecular formula is C14H19NO4. The predicted molar refractivity (Wildman–Crippen MR) is 69.9 cm³/mol. The number of methoxy groups -OCH3 is 1. The lowest BCUT2D eigenvalue weighted by Gasteiger charge is -2.15. The zero-order valence-electron chi connectivity index (χ0n) is 11.2. The highest BCUT2D eigenvalue weighted by Crippen LogP contribution is 2.17. The van der Waals surface area contributed by atoms with E-state index in [0.29, 0.717) is 13.2 Å². The first kappa shape index (κ1) is 13.8. The fraction of sp³-hybridized carbons (Fsp3) is 0.500. The molecule has 1 aliphatic rings. The first-order chi connectivity index (χ1) is 9.24. The van der Waals surface area contributed by atoms with E-state index >= 15 is 0 Å². The van der Waals surface area contributed by atoms with Crippen LogP contribution in [0.2, 0.25) is 0 Å². The van der Waals surface area contributed by atoms with Gasteiger partial charge in [0.15, 0.2) is 0 Å². The first-order valence-electron chi connectivity index (χ1n) is 6.29. The molecule has 5 heteroatoms. The third-order valence-corrected chi connectivity index (χ3v) is 3.29. The van der Waals surface area contributed by atoms with E-state index in [2.05, 4.69) is 5.32 Å². The van der Waals surface area contributed by atoms with Crippen molar-refractivity contribution >= 4 is 5.97 Å². The number of benzene rings is 1. The summed E-state index contributed by atoms with van der Waals surface area (Å²) < 4.78 is 15.7. The number of esters is 1. The Bertz CT molecular complexity index is 418. The van der Waals surface area contributed by atoms with Crippen LogP contribution in [0.3, 0.4) is 0 Å². The molecule has 1 heterocycles. The lowest BCUT2D eigenvalue weighted by atomic mass is 10.0. The van der Waals surface area contributed by atoms with Crippen LogP contribution < -0.4 is 10.1 Å². The summed E-state index contributed by atoms with van der Waals surface area (Å²) in [5.41, 5.74) is 0.939. The summed E-state index contributed by atoms with van der Waals surface area (Å²) in [6, 6.07) is 7.50. The number of nitrogens with one attached hydrogen (secondary N) is 1. The van der Waals surface area contributed by atoms with Gasteiger partial charge in [0.05, 0.1) is 26.2 Å². The summed E-state index contributed by atoms with van der Waals surface area (Å²) in [7, 11) is 3.44. The monoisotopic (exact) mass is 265 g/mol. The SMILES string of the molecule is CNC1COCC1C(=O)OCc1ccc(OC)cc1. The molecule has 19 heavy (non-hydrogen) atoms. The van der Waals surface area contributed by atoms with Crippen LogP contribution in [0.25, 0.3) is 0 Å². The van der Waals surface area contributed by atoms with Crippen molar-refractivity contribution in [1.82, 2.24) is 5.32 Å². The standard InChI is InChI=1S/C14H19NO4/c1-15-13-9-18-8-12(13)14(16)19-7-10-3-5-11(17-2)6-4-10/h3-6,12-13,15H,7-9H2,1-2H3. The van der Waals surface area contributed by atoms with Gasteiger partial charge in [0.1, 0.15) is 12.4 Å². The lowest BCUT2D eigenvalue weighted by molar-refractivity contribution is -0.150. The normalized spacial score (nSPS) is 22.2. The van der Waals surface area contributed by atoms with Crippen molar-refractivity contribution in [3.8, 4) is 5.75 Å². The van der Waals surface area contributed by atoms with E-state index in [4.69, 9.17) is 14.2 Å². The summed E-state index contributed by atoms with van der Waals surface area (Å²) in [5.74, 6) is 0.352. The molecule has 1 fully saturated rings. The topological polar surface area (TPSA) is 56.8 Å². The number of hydrogen-bond donors (Lipinski definition) is 1. The Morgan fingerprint density at radius 1 is 1.37 bits per heavy atom. The quantitative estimate of drug-likeness (QED) is 0.804. The Kier molecular flexibility index (Phi) is 4.76. The molecule has 0 spiro atoms. The van der Waals surface area contributed by atoms with Crippen molar-refractivity contribution in [2.45, 2.75) is 12.6 Å². The summed E-state index contributed by atoms with van der Waals surface area (Å²) in [6.45, 7) is 1.25. The van der Waals surface area contributed by atoms with E-state index < -0.39 is 0 Å². The van der Waals surface area contributed by atoms with Gasteiger partial charge in [0.25, 0.3) is 0 Å². The van der Waals surface area contributed by atoms with Crippen LogP contribution in [-0.4, -0.2) is 39.4 Å². The second kappa shape index (κ2) is 6.54. The highest BCUT2D eigenvalue weighted by Gasteiger charge is 2.34. The Labute approximate surface area is 112 Å². The van der Waals surface area contributed by atoms with Gasteiger partial charge in [-0.3, -0.25) is 4.79 Å².